The van der Waals surface area contributed by atoms with E-state index < -0.39 is 11.4 Å². The molecule has 0 aliphatic rings. The number of hydrogen-bond donors (Lipinski definition) is 2. The second kappa shape index (κ2) is 8.31. The molecule has 0 bridgehead atoms. The zero-order valence-electron chi connectivity index (χ0n) is 13.8. The van der Waals surface area contributed by atoms with Crippen LogP contribution in [-0.2, 0) is 19.8 Å². The van der Waals surface area contributed by atoms with Crippen LogP contribution in [0.2, 0.25) is 0 Å². The van der Waals surface area contributed by atoms with Gasteiger partial charge >= 0.3 is 5.97 Å². The minimum Gasteiger partial charge on any atom is -0.481 e. The van der Waals surface area contributed by atoms with E-state index in [1.54, 1.807) is 45.3 Å². The lowest BCUT2D eigenvalue weighted by atomic mass is 9.82. The third-order valence-corrected chi connectivity index (χ3v) is 3.82. The molecule has 0 aliphatic carbocycles. The average molecular weight is 320 g/mol. The summed E-state index contributed by atoms with van der Waals surface area (Å²) in [4.78, 5) is 36.4. The molecule has 2 amide bonds. The highest BCUT2D eigenvalue weighted by Gasteiger charge is 2.35. The standard InChI is InChI=1S/C17H24N2O4/c1-17(16(22)23,13-8-5-4-6-9-13)12-18-14(20)10-7-11-15(21)19(2)3/h4-6,8-9H,7,10-12H2,1-3H3,(H,18,20)(H,22,23). The molecule has 0 saturated heterocycles. The number of benzene rings is 1. The number of amides is 2. The van der Waals surface area contributed by atoms with Gasteiger partial charge in [-0.3, -0.25) is 14.4 Å². The smallest absolute Gasteiger partial charge is 0.315 e. The Kier molecular flexibility index (Phi) is 6.75. The monoisotopic (exact) mass is 320 g/mol. The minimum atomic E-state index is -1.18. The molecule has 1 aromatic rings. The van der Waals surface area contributed by atoms with Gasteiger partial charge in [-0.15, -0.1) is 0 Å². The fraction of sp³-hybridized carbons (Fsp3) is 0.471. The van der Waals surface area contributed by atoms with E-state index in [9.17, 15) is 19.5 Å². The predicted octanol–water partition coefficient (Wildman–Crippen LogP) is 1.40. The molecule has 6 heteroatoms. The summed E-state index contributed by atoms with van der Waals surface area (Å²) in [7, 11) is 3.33. The van der Waals surface area contributed by atoms with Crippen molar-refractivity contribution in [1.29, 1.82) is 0 Å². The Labute approximate surface area is 136 Å². The lowest BCUT2D eigenvalue weighted by molar-refractivity contribution is -0.143. The van der Waals surface area contributed by atoms with E-state index in [4.69, 9.17) is 0 Å². The van der Waals surface area contributed by atoms with Crippen LogP contribution in [0.25, 0.3) is 0 Å². The molecule has 6 nitrogen and oxygen atoms in total. The van der Waals surface area contributed by atoms with Crippen molar-refractivity contribution in [2.75, 3.05) is 20.6 Å². The second-order valence-electron chi connectivity index (χ2n) is 5.92. The van der Waals surface area contributed by atoms with Crippen LogP contribution in [0, 0.1) is 0 Å². The molecule has 23 heavy (non-hydrogen) atoms. The molecule has 0 aliphatic heterocycles. The molecule has 0 fully saturated rings. The Morgan fingerprint density at radius 3 is 2.26 bits per heavy atom. The quantitative estimate of drug-likeness (QED) is 0.758. The van der Waals surface area contributed by atoms with Gasteiger partial charge in [0.25, 0.3) is 0 Å². The van der Waals surface area contributed by atoms with Gasteiger partial charge in [0.05, 0.1) is 0 Å². The van der Waals surface area contributed by atoms with Crippen LogP contribution >= 0.6 is 0 Å². The summed E-state index contributed by atoms with van der Waals surface area (Å²) in [5.41, 5.74) is -0.549. The largest absolute Gasteiger partial charge is 0.481 e. The number of aliphatic carboxylic acids is 1. The fourth-order valence-electron chi connectivity index (χ4n) is 2.09. The first kappa shape index (κ1) is 18.7. The SMILES string of the molecule is CN(C)C(=O)CCCC(=O)NCC(C)(C(=O)O)c1ccccc1. The third-order valence-electron chi connectivity index (χ3n) is 3.82. The molecule has 1 atom stereocenters. The number of carboxylic acid groups (broad SMARTS) is 1. The van der Waals surface area contributed by atoms with Crippen LogP contribution in [0.3, 0.4) is 0 Å². The summed E-state index contributed by atoms with van der Waals surface area (Å²) >= 11 is 0. The van der Waals surface area contributed by atoms with Crippen LogP contribution in [0.1, 0.15) is 31.7 Å². The van der Waals surface area contributed by atoms with Crippen molar-refractivity contribution in [3.05, 3.63) is 35.9 Å². The molecule has 2 N–H and O–H groups in total. The number of rotatable bonds is 8. The van der Waals surface area contributed by atoms with Gasteiger partial charge in [0.1, 0.15) is 5.41 Å². The molecule has 0 spiro atoms. The van der Waals surface area contributed by atoms with Crippen molar-refractivity contribution in [2.45, 2.75) is 31.6 Å². The lowest BCUT2D eigenvalue weighted by Crippen LogP contribution is -2.44. The lowest BCUT2D eigenvalue weighted by Gasteiger charge is -2.25. The molecule has 0 radical (unpaired) electrons. The number of carbonyl (C=O) groups excluding carboxylic acids is 2. The van der Waals surface area contributed by atoms with Crippen LogP contribution in [0.15, 0.2) is 30.3 Å². The molecule has 1 rings (SSSR count). The predicted molar refractivity (Wildman–Crippen MR) is 87.0 cm³/mol. The van der Waals surface area contributed by atoms with Gasteiger partial charge in [-0.1, -0.05) is 30.3 Å². The van der Waals surface area contributed by atoms with Crippen molar-refractivity contribution in [2.24, 2.45) is 0 Å². The van der Waals surface area contributed by atoms with Crippen molar-refractivity contribution >= 4 is 17.8 Å². The van der Waals surface area contributed by atoms with Gasteiger partial charge in [0, 0.05) is 33.5 Å². The molecule has 0 aromatic heterocycles. The fourth-order valence-corrected chi connectivity index (χ4v) is 2.09. The van der Waals surface area contributed by atoms with E-state index in [0.29, 0.717) is 18.4 Å². The number of carbonyl (C=O) groups is 3. The molecule has 0 saturated carbocycles. The Morgan fingerprint density at radius 2 is 1.74 bits per heavy atom. The number of nitrogens with zero attached hydrogens (tertiary/aromatic N) is 1. The number of hydrogen-bond acceptors (Lipinski definition) is 3. The summed E-state index contributed by atoms with van der Waals surface area (Å²) in [6, 6.07) is 8.81. The molecule has 1 unspecified atom stereocenters. The van der Waals surface area contributed by atoms with Crippen LogP contribution in [-0.4, -0.2) is 48.4 Å². The van der Waals surface area contributed by atoms with Crippen molar-refractivity contribution < 1.29 is 19.5 Å². The maximum absolute atomic E-state index is 11.9. The van der Waals surface area contributed by atoms with Gasteiger partial charge in [-0.05, 0) is 18.9 Å². The maximum Gasteiger partial charge on any atom is 0.315 e. The molecular formula is C17H24N2O4. The zero-order chi connectivity index (χ0) is 17.5. The summed E-state index contributed by atoms with van der Waals surface area (Å²) in [6.45, 7) is 1.59. The first-order valence-electron chi connectivity index (χ1n) is 7.53. The van der Waals surface area contributed by atoms with E-state index in [1.807, 2.05) is 6.07 Å². The summed E-state index contributed by atoms with van der Waals surface area (Å²) in [5, 5.41) is 12.2. The van der Waals surface area contributed by atoms with E-state index >= 15 is 0 Å². The van der Waals surface area contributed by atoms with Gasteiger partial charge < -0.3 is 15.3 Å². The highest BCUT2D eigenvalue weighted by Crippen LogP contribution is 2.23. The first-order chi connectivity index (χ1) is 10.8. The van der Waals surface area contributed by atoms with E-state index in [0.717, 1.165) is 0 Å². The Balaban J connectivity index is 2.55. The molecular weight excluding hydrogens is 296 g/mol. The molecule has 126 valence electrons. The highest BCUT2D eigenvalue weighted by molar-refractivity contribution is 5.83. The summed E-state index contributed by atoms with van der Waals surface area (Å²) in [5.74, 6) is -1.27. The van der Waals surface area contributed by atoms with Gasteiger partial charge in [-0.2, -0.15) is 0 Å². The van der Waals surface area contributed by atoms with Crippen molar-refractivity contribution in [1.82, 2.24) is 10.2 Å². The van der Waals surface area contributed by atoms with E-state index in [-0.39, 0.29) is 24.8 Å². The third kappa shape index (κ3) is 5.39. The van der Waals surface area contributed by atoms with Crippen LogP contribution in [0.5, 0.6) is 0 Å². The van der Waals surface area contributed by atoms with Crippen LogP contribution < -0.4 is 5.32 Å². The number of nitrogens with one attached hydrogen (secondary N) is 1. The Hall–Kier alpha value is -2.37. The topological polar surface area (TPSA) is 86.7 Å². The van der Waals surface area contributed by atoms with Crippen molar-refractivity contribution in [3.8, 4) is 0 Å². The summed E-state index contributed by atoms with van der Waals surface area (Å²) < 4.78 is 0. The maximum atomic E-state index is 11.9. The Bertz CT molecular complexity index is 557. The molecule has 0 heterocycles. The Morgan fingerprint density at radius 1 is 1.13 bits per heavy atom. The minimum absolute atomic E-state index is 0.00675. The van der Waals surface area contributed by atoms with E-state index in [1.165, 1.54) is 4.90 Å². The van der Waals surface area contributed by atoms with Crippen LogP contribution in [0.4, 0.5) is 0 Å². The molecule has 1 aromatic carbocycles. The first-order valence-corrected chi connectivity index (χ1v) is 7.53. The van der Waals surface area contributed by atoms with E-state index in [2.05, 4.69) is 5.32 Å². The summed E-state index contributed by atoms with van der Waals surface area (Å²) in [6.07, 6.45) is 0.942. The number of carboxylic acids is 1. The highest BCUT2D eigenvalue weighted by atomic mass is 16.4. The second-order valence-corrected chi connectivity index (χ2v) is 5.92. The van der Waals surface area contributed by atoms with Gasteiger partial charge in [0.15, 0.2) is 0 Å². The van der Waals surface area contributed by atoms with Gasteiger partial charge in [-0.25, -0.2) is 0 Å². The normalized spacial score (nSPS) is 13.0. The van der Waals surface area contributed by atoms with Crippen molar-refractivity contribution in [3.63, 3.8) is 0 Å². The van der Waals surface area contributed by atoms with Gasteiger partial charge in [0.2, 0.25) is 11.8 Å². The zero-order valence-corrected chi connectivity index (χ0v) is 13.8. The average Bonchev–Trinajstić information content (AvgIpc) is 2.53.